The van der Waals surface area contributed by atoms with Crippen molar-refractivity contribution in [1.29, 1.82) is 5.26 Å². The Kier molecular flexibility index (Phi) is 6.58. The van der Waals surface area contributed by atoms with Gasteiger partial charge in [0.15, 0.2) is 0 Å². The molecule has 2 atom stereocenters. The molecule has 0 aromatic carbocycles. The van der Waals surface area contributed by atoms with Crippen LogP contribution in [-0.4, -0.2) is 34.5 Å². The Morgan fingerprint density at radius 3 is 2.72 bits per heavy atom. The number of hydrogen-bond acceptors (Lipinski definition) is 4. The fraction of sp³-hybridized carbons (Fsp3) is 0.750. The fourth-order valence-corrected chi connectivity index (χ4v) is 2.68. The summed E-state index contributed by atoms with van der Waals surface area (Å²) < 4.78 is 0. The number of nitrogens with zero attached hydrogens (tertiary/aromatic N) is 1. The maximum absolute atomic E-state index is 11.6. The molecule has 0 aliphatic heterocycles. The van der Waals surface area contributed by atoms with Crippen LogP contribution in [0.5, 0.6) is 0 Å². The number of carbonyl (C=O) groups excluding carboxylic acids is 1. The molecule has 0 aromatic heterocycles. The molecule has 1 fully saturated rings. The zero-order valence-corrected chi connectivity index (χ0v) is 11.0. The van der Waals surface area contributed by atoms with Crippen molar-refractivity contribution in [3.05, 3.63) is 0 Å². The van der Waals surface area contributed by atoms with Gasteiger partial charge < -0.3 is 10.4 Å². The van der Waals surface area contributed by atoms with Crippen molar-refractivity contribution in [3.63, 3.8) is 0 Å². The Morgan fingerprint density at radius 1 is 1.33 bits per heavy atom. The van der Waals surface area contributed by atoms with Gasteiger partial charge in [-0.1, -0.05) is 19.3 Å². The fourth-order valence-electron chi connectivity index (χ4n) is 2.21. The van der Waals surface area contributed by atoms with E-state index in [-0.39, 0.29) is 23.5 Å². The molecule has 6 heteroatoms. The zero-order chi connectivity index (χ0) is 13.4. The van der Waals surface area contributed by atoms with Gasteiger partial charge in [0.1, 0.15) is 0 Å². The summed E-state index contributed by atoms with van der Waals surface area (Å²) in [5, 5.41) is 20.3. The van der Waals surface area contributed by atoms with Gasteiger partial charge >= 0.3 is 5.97 Å². The maximum atomic E-state index is 11.6. The molecule has 100 valence electrons. The van der Waals surface area contributed by atoms with E-state index in [9.17, 15) is 9.59 Å². The van der Waals surface area contributed by atoms with Crippen LogP contribution in [-0.2, 0) is 9.59 Å². The van der Waals surface area contributed by atoms with Crippen molar-refractivity contribution in [2.45, 2.75) is 38.1 Å². The van der Waals surface area contributed by atoms with Crippen LogP contribution in [0.25, 0.3) is 0 Å². The molecule has 0 saturated heterocycles. The second-order valence-electron chi connectivity index (χ2n) is 4.41. The van der Waals surface area contributed by atoms with E-state index >= 15 is 0 Å². The highest BCUT2D eigenvalue weighted by Crippen LogP contribution is 2.23. The van der Waals surface area contributed by atoms with Crippen LogP contribution >= 0.6 is 11.8 Å². The Labute approximate surface area is 111 Å². The standard InChI is InChI=1S/C12H18N2O3S/c13-6-7-18-8-11(15)14-10-5-3-1-2-4-9(10)12(16)17/h9-10H,1-5,7-8H2,(H,14,15)(H,16,17). The third-order valence-electron chi connectivity index (χ3n) is 3.08. The van der Waals surface area contributed by atoms with Gasteiger partial charge in [-0.25, -0.2) is 0 Å². The molecule has 2 unspecified atom stereocenters. The lowest BCUT2D eigenvalue weighted by molar-refractivity contribution is -0.143. The topological polar surface area (TPSA) is 90.2 Å². The Morgan fingerprint density at radius 2 is 2.06 bits per heavy atom. The number of nitrogens with one attached hydrogen (secondary N) is 1. The third-order valence-corrected chi connectivity index (χ3v) is 3.88. The van der Waals surface area contributed by atoms with E-state index in [0.29, 0.717) is 6.42 Å². The normalized spacial score (nSPS) is 23.7. The molecule has 0 radical (unpaired) electrons. The van der Waals surface area contributed by atoms with Gasteiger partial charge in [0.25, 0.3) is 0 Å². The number of rotatable bonds is 5. The lowest BCUT2D eigenvalue weighted by atomic mass is 9.95. The van der Waals surface area contributed by atoms with Gasteiger partial charge in [-0.05, 0) is 12.8 Å². The second kappa shape index (κ2) is 7.98. The molecule has 0 bridgehead atoms. The number of thioether (sulfide) groups is 1. The molecule has 0 heterocycles. The van der Waals surface area contributed by atoms with Crippen molar-refractivity contribution in [3.8, 4) is 6.07 Å². The SMILES string of the molecule is N#CCSCC(=O)NC1CCCCCC1C(=O)O. The van der Waals surface area contributed by atoms with E-state index < -0.39 is 11.9 Å². The van der Waals surface area contributed by atoms with Gasteiger partial charge in [0, 0.05) is 6.04 Å². The van der Waals surface area contributed by atoms with E-state index in [2.05, 4.69) is 5.32 Å². The lowest BCUT2D eigenvalue weighted by Gasteiger charge is -2.22. The third kappa shape index (κ3) is 4.96. The molecule has 1 aliphatic carbocycles. The van der Waals surface area contributed by atoms with Crippen LogP contribution in [0.4, 0.5) is 0 Å². The summed E-state index contributed by atoms with van der Waals surface area (Å²) in [4.78, 5) is 22.8. The average molecular weight is 270 g/mol. The van der Waals surface area contributed by atoms with E-state index in [1.54, 1.807) is 0 Å². The van der Waals surface area contributed by atoms with E-state index in [1.807, 2.05) is 6.07 Å². The summed E-state index contributed by atoms with van der Waals surface area (Å²) >= 11 is 1.24. The number of aliphatic carboxylic acids is 1. The molecule has 5 nitrogen and oxygen atoms in total. The largest absolute Gasteiger partial charge is 0.481 e. The Hall–Kier alpha value is -1.22. The van der Waals surface area contributed by atoms with Crippen molar-refractivity contribution in [2.75, 3.05) is 11.5 Å². The number of carboxylic acid groups (broad SMARTS) is 1. The second-order valence-corrected chi connectivity index (χ2v) is 5.39. The van der Waals surface area contributed by atoms with Crippen LogP contribution in [0.15, 0.2) is 0 Å². The molecule has 0 spiro atoms. The van der Waals surface area contributed by atoms with Crippen LogP contribution < -0.4 is 5.32 Å². The highest BCUT2D eigenvalue weighted by Gasteiger charge is 2.30. The molecule has 1 rings (SSSR count). The number of amides is 1. The first-order chi connectivity index (χ1) is 8.65. The van der Waals surface area contributed by atoms with Crippen molar-refractivity contribution < 1.29 is 14.7 Å². The van der Waals surface area contributed by atoms with E-state index in [4.69, 9.17) is 10.4 Å². The van der Waals surface area contributed by atoms with Crippen molar-refractivity contribution >= 4 is 23.6 Å². The minimum absolute atomic E-state index is 0.173. The summed E-state index contributed by atoms with van der Waals surface area (Å²) in [5.74, 6) is -0.977. The summed E-state index contributed by atoms with van der Waals surface area (Å²) in [5.41, 5.74) is 0. The monoisotopic (exact) mass is 270 g/mol. The highest BCUT2D eigenvalue weighted by atomic mass is 32.2. The number of hydrogen-bond donors (Lipinski definition) is 2. The summed E-state index contributed by atoms with van der Waals surface area (Å²) in [7, 11) is 0. The van der Waals surface area contributed by atoms with Gasteiger partial charge in [0.05, 0.1) is 23.5 Å². The molecule has 18 heavy (non-hydrogen) atoms. The average Bonchev–Trinajstić information content (AvgIpc) is 2.55. The minimum Gasteiger partial charge on any atom is -0.481 e. The molecular weight excluding hydrogens is 252 g/mol. The van der Waals surface area contributed by atoms with E-state index in [1.165, 1.54) is 11.8 Å². The molecule has 1 aliphatic rings. The summed E-state index contributed by atoms with van der Waals surface area (Å²) in [6, 6.07) is 1.69. The lowest BCUT2D eigenvalue weighted by Crippen LogP contribution is -2.43. The van der Waals surface area contributed by atoms with Crippen LogP contribution in [0.2, 0.25) is 0 Å². The quantitative estimate of drug-likeness (QED) is 0.582. The number of nitriles is 1. The molecule has 0 aromatic rings. The summed E-state index contributed by atoms with van der Waals surface area (Å²) in [6.45, 7) is 0. The predicted molar refractivity (Wildman–Crippen MR) is 69.1 cm³/mol. The first kappa shape index (κ1) is 14.8. The number of carboxylic acids is 1. The van der Waals surface area contributed by atoms with Crippen molar-refractivity contribution in [2.24, 2.45) is 5.92 Å². The molecular formula is C12H18N2O3S. The van der Waals surface area contributed by atoms with Crippen molar-refractivity contribution in [1.82, 2.24) is 5.32 Å². The maximum Gasteiger partial charge on any atom is 0.308 e. The predicted octanol–water partition coefficient (Wildman–Crippen LogP) is 1.39. The number of carbonyl (C=O) groups is 2. The Balaban J connectivity index is 2.47. The molecule has 2 N–H and O–H groups in total. The van der Waals surface area contributed by atoms with Gasteiger partial charge in [-0.3, -0.25) is 9.59 Å². The van der Waals surface area contributed by atoms with Gasteiger partial charge in [0.2, 0.25) is 5.91 Å². The Bertz CT molecular complexity index is 341. The van der Waals surface area contributed by atoms with Crippen LogP contribution in [0, 0.1) is 17.2 Å². The smallest absolute Gasteiger partial charge is 0.308 e. The summed E-state index contributed by atoms with van der Waals surface area (Å²) in [6.07, 6.45) is 4.25. The van der Waals surface area contributed by atoms with E-state index in [0.717, 1.165) is 25.7 Å². The molecule has 1 amide bonds. The highest BCUT2D eigenvalue weighted by molar-refractivity contribution is 8.00. The first-order valence-corrected chi connectivity index (χ1v) is 7.27. The zero-order valence-electron chi connectivity index (χ0n) is 10.2. The molecule has 1 saturated carbocycles. The first-order valence-electron chi connectivity index (χ1n) is 6.12. The van der Waals surface area contributed by atoms with Gasteiger partial charge in [-0.15, -0.1) is 11.8 Å². The minimum atomic E-state index is -0.827. The van der Waals surface area contributed by atoms with Crippen LogP contribution in [0.3, 0.4) is 0 Å². The van der Waals surface area contributed by atoms with Crippen LogP contribution in [0.1, 0.15) is 32.1 Å². The van der Waals surface area contributed by atoms with Gasteiger partial charge in [-0.2, -0.15) is 5.26 Å².